The third-order valence-electron chi connectivity index (χ3n) is 5.97. The van der Waals surface area contributed by atoms with Gasteiger partial charge in [0.2, 0.25) is 0 Å². The predicted octanol–water partition coefficient (Wildman–Crippen LogP) is 1.36. The number of hydrogen-bond donors (Lipinski definition) is 1. The van der Waals surface area contributed by atoms with E-state index in [1.54, 1.807) is 13.8 Å². The minimum Gasteiger partial charge on any atom is -0.328 e. The largest absolute Gasteiger partial charge is 0.328 e. The highest BCUT2D eigenvalue weighted by atomic mass is 32.2. The van der Waals surface area contributed by atoms with Crippen molar-refractivity contribution in [2.24, 2.45) is 11.8 Å². The van der Waals surface area contributed by atoms with E-state index in [0.717, 1.165) is 0 Å². The Labute approximate surface area is 192 Å². The van der Waals surface area contributed by atoms with E-state index < -0.39 is 44.1 Å². The zero-order valence-corrected chi connectivity index (χ0v) is 20.5. The van der Waals surface area contributed by atoms with E-state index in [-0.39, 0.29) is 5.75 Å². The fraction of sp³-hybridized carbons (Fsp3) is 0.550. The van der Waals surface area contributed by atoms with Gasteiger partial charge in [0.15, 0.2) is 11.9 Å². The summed E-state index contributed by atoms with van der Waals surface area (Å²) in [4.78, 5) is 9.18. The maximum Gasteiger partial charge on any atom is 0.269 e. The molecule has 0 spiro atoms. The Hall–Kier alpha value is -2.19. The summed E-state index contributed by atoms with van der Waals surface area (Å²) in [6.45, 7) is 4.23. The van der Waals surface area contributed by atoms with Crippen molar-refractivity contribution >= 4 is 42.4 Å². The van der Waals surface area contributed by atoms with Crippen LogP contribution in [0.3, 0.4) is 0 Å². The summed E-state index contributed by atoms with van der Waals surface area (Å²) in [5.41, 5.74) is 2.93. The average molecular weight is 499 g/mol. The summed E-state index contributed by atoms with van der Waals surface area (Å²) in [6, 6.07) is 7.35. The Balaban J connectivity index is 1.58. The average Bonchev–Trinajstić information content (AvgIpc) is 3.13. The van der Waals surface area contributed by atoms with Gasteiger partial charge >= 0.3 is 0 Å². The van der Waals surface area contributed by atoms with Crippen LogP contribution in [0.1, 0.15) is 18.8 Å². The van der Waals surface area contributed by atoms with Crippen LogP contribution in [0.25, 0.3) is 22.2 Å². The standard InChI is InChI=1S/C20H27N5O6S2/c1-13-19-20(22-18-8-6-5-7-17(18)21-19)24(23-13)14(2)31-33(29,30)12-16-10-25(3,4)9-15(16)11-32(26,27)28/h5-8,14-16H,9-12H2,1-4H3/p+1/t14-,15+,16+/m0/s1. The zero-order chi connectivity index (χ0) is 24.2. The molecule has 13 heteroatoms. The molecule has 1 N–H and O–H groups in total. The van der Waals surface area contributed by atoms with Crippen molar-refractivity contribution in [3.63, 3.8) is 0 Å². The third-order valence-corrected chi connectivity index (χ3v) is 8.22. The molecule has 1 aliphatic heterocycles. The van der Waals surface area contributed by atoms with Crippen LogP contribution < -0.4 is 0 Å². The smallest absolute Gasteiger partial charge is 0.269 e. The van der Waals surface area contributed by atoms with Gasteiger partial charge in [0, 0.05) is 11.8 Å². The summed E-state index contributed by atoms with van der Waals surface area (Å²) in [7, 11) is -4.48. The summed E-state index contributed by atoms with van der Waals surface area (Å²) in [5.74, 6) is -1.80. The number of fused-ring (bicyclic) bond motifs is 2. The number of quaternary nitrogens is 1. The Morgan fingerprint density at radius 1 is 1.09 bits per heavy atom. The highest BCUT2D eigenvalue weighted by Gasteiger charge is 2.44. The molecule has 1 aliphatic rings. The van der Waals surface area contributed by atoms with E-state index in [1.165, 1.54) is 4.68 Å². The van der Waals surface area contributed by atoms with E-state index in [1.807, 2.05) is 38.4 Å². The molecule has 1 aromatic carbocycles. The molecule has 0 unspecified atom stereocenters. The van der Waals surface area contributed by atoms with Crippen molar-refractivity contribution < 1.29 is 30.1 Å². The fourth-order valence-electron chi connectivity index (χ4n) is 4.75. The number of aromatic nitrogens is 4. The molecule has 1 fully saturated rings. The highest BCUT2D eigenvalue weighted by molar-refractivity contribution is 7.86. The monoisotopic (exact) mass is 498 g/mol. The second-order valence-corrected chi connectivity index (χ2v) is 12.5. The van der Waals surface area contributed by atoms with Crippen LogP contribution >= 0.6 is 0 Å². The lowest BCUT2D eigenvalue weighted by atomic mass is 10.0. The van der Waals surface area contributed by atoms with Crippen LogP contribution in [0.15, 0.2) is 24.3 Å². The van der Waals surface area contributed by atoms with Gasteiger partial charge < -0.3 is 4.48 Å². The Bertz CT molecular complexity index is 1420. The molecule has 0 aliphatic carbocycles. The minimum atomic E-state index is -4.23. The lowest BCUT2D eigenvalue weighted by Gasteiger charge is -2.23. The molecule has 0 bridgehead atoms. The van der Waals surface area contributed by atoms with E-state index in [0.29, 0.717) is 45.5 Å². The number of para-hydroxylation sites is 2. The van der Waals surface area contributed by atoms with Gasteiger partial charge in [0.1, 0.15) is 5.52 Å². The van der Waals surface area contributed by atoms with Gasteiger partial charge in [0.25, 0.3) is 20.2 Å². The summed E-state index contributed by atoms with van der Waals surface area (Å²) >= 11 is 0. The number of benzene rings is 1. The number of nitrogens with zero attached hydrogens (tertiary/aromatic N) is 5. The number of rotatable bonds is 7. The van der Waals surface area contributed by atoms with Crippen molar-refractivity contribution in [2.75, 3.05) is 38.7 Å². The maximum atomic E-state index is 12.9. The molecule has 3 aromatic rings. The van der Waals surface area contributed by atoms with Crippen LogP contribution in [-0.4, -0.2) is 84.3 Å². The molecule has 0 amide bonds. The predicted molar refractivity (Wildman–Crippen MR) is 122 cm³/mol. The molecule has 11 nitrogen and oxygen atoms in total. The van der Waals surface area contributed by atoms with Crippen LogP contribution in [0, 0.1) is 18.8 Å². The summed E-state index contributed by atoms with van der Waals surface area (Å²) in [5, 5.41) is 4.40. The topological polar surface area (TPSA) is 141 Å². The second-order valence-electron chi connectivity index (χ2n) is 9.40. The minimum absolute atomic E-state index is 0.355. The summed E-state index contributed by atoms with van der Waals surface area (Å²) in [6.07, 6.45) is -0.981. The lowest BCUT2D eigenvalue weighted by Crippen LogP contribution is -2.37. The first-order valence-corrected chi connectivity index (χ1v) is 13.7. The van der Waals surface area contributed by atoms with Crippen LogP contribution in [0.5, 0.6) is 0 Å². The van der Waals surface area contributed by atoms with Crippen LogP contribution in [0.4, 0.5) is 0 Å². The van der Waals surface area contributed by atoms with Gasteiger partial charge in [-0.15, -0.1) is 0 Å². The highest BCUT2D eigenvalue weighted by Crippen LogP contribution is 2.31. The van der Waals surface area contributed by atoms with E-state index in [4.69, 9.17) is 4.18 Å². The molecular weight excluding hydrogens is 470 g/mol. The van der Waals surface area contributed by atoms with Crippen molar-refractivity contribution in [2.45, 2.75) is 20.1 Å². The first-order chi connectivity index (χ1) is 15.2. The molecule has 2 aromatic heterocycles. The molecular formula is C20H28N5O6S2+. The Morgan fingerprint density at radius 3 is 2.27 bits per heavy atom. The van der Waals surface area contributed by atoms with Gasteiger partial charge in [-0.2, -0.15) is 21.9 Å². The molecule has 180 valence electrons. The van der Waals surface area contributed by atoms with E-state index >= 15 is 0 Å². The van der Waals surface area contributed by atoms with E-state index in [2.05, 4.69) is 15.1 Å². The SMILES string of the molecule is Cc1nn([C@H](C)OS(=O)(=O)C[C@H]2C[N+](C)(C)C[C@@H]2CS(=O)(=O)O)c2nc3ccccc3nc12. The summed E-state index contributed by atoms with van der Waals surface area (Å²) < 4.78 is 65.3. The first-order valence-electron chi connectivity index (χ1n) is 10.5. The van der Waals surface area contributed by atoms with Gasteiger partial charge in [0.05, 0.1) is 55.4 Å². The van der Waals surface area contributed by atoms with Crippen molar-refractivity contribution in [1.82, 2.24) is 19.7 Å². The molecule has 3 atom stereocenters. The van der Waals surface area contributed by atoms with Gasteiger partial charge in [-0.05, 0) is 26.0 Å². The van der Waals surface area contributed by atoms with Crippen molar-refractivity contribution in [3.8, 4) is 0 Å². The Kier molecular flexibility index (Phi) is 5.98. The second kappa shape index (κ2) is 8.24. The number of aryl methyl sites for hydroxylation is 1. The van der Waals surface area contributed by atoms with Crippen molar-refractivity contribution in [1.29, 1.82) is 0 Å². The number of likely N-dealkylation sites (tertiary alicyclic amines) is 1. The van der Waals surface area contributed by atoms with Crippen LogP contribution in [-0.2, 0) is 24.4 Å². The molecule has 0 radical (unpaired) electrons. The molecule has 4 rings (SSSR count). The molecule has 1 saturated heterocycles. The molecule has 0 saturated carbocycles. The zero-order valence-electron chi connectivity index (χ0n) is 18.9. The Morgan fingerprint density at radius 2 is 1.67 bits per heavy atom. The van der Waals surface area contributed by atoms with Crippen LogP contribution in [0.2, 0.25) is 0 Å². The lowest BCUT2D eigenvalue weighted by molar-refractivity contribution is -0.880. The molecule has 33 heavy (non-hydrogen) atoms. The molecule has 3 heterocycles. The number of hydrogen-bond acceptors (Lipinski definition) is 8. The normalized spacial score (nSPS) is 22.2. The first kappa shape index (κ1) is 24.0. The van der Waals surface area contributed by atoms with Gasteiger partial charge in [-0.25, -0.2) is 18.8 Å². The maximum absolute atomic E-state index is 12.9. The fourth-order valence-corrected chi connectivity index (χ4v) is 7.15. The van der Waals surface area contributed by atoms with Crippen molar-refractivity contribution in [3.05, 3.63) is 30.0 Å². The third kappa shape index (κ3) is 5.32. The quantitative estimate of drug-likeness (QED) is 0.290. The van der Waals surface area contributed by atoms with Gasteiger partial charge in [-0.3, -0.25) is 4.55 Å². The van der Waals surface area contributed by atoms with E-state index in [9.17, 15) is 21.4 Å². The van der Waals surface area contributed by atoms with Gasteiger partial charge in [-0.1, -0.05) is 12.1 Å².